The monoisotopic (exact) mass is 259 g/mol. The van der Waals surface area contributed by atoms with Crippen molar-refractivity contribution < 1.29 is 4.39 Å². The summed E-state index contributed by atoms with van der Waals surface area (Å²) in [6.07, 6.45) is 0.450. The van der Waals surface area contributed by atoms with Crippen LogP contribution in [0.5, 0.6) is 0 Å². The van der Waals surface area contributed by atoms with Gasteiger partial charge in [-0.05, 0) is 37.7 Å². The Morgan fingerprint density at radius 3 is 2.79 bits per heavy atom. The van der Waals surface area contributed by atoms with Gasteiger partial charge in [-0.3, -0.25) is 4.90 Å². The third-order valence-corrected chi connectivity index (χ3v) is 2.86. The van der Waals surface area contributed by atoms with Gasteiger partial charge in [0.05, 0.1) is 19.0 Å². The summed E-state index contributed by atoms with van der Waals surface area (Å²) in [7, 11) is 1.91. The highest BCUT2D eigenvalue weighted by Crippen LogP contribution is 2.12. The van der Waals surface area contributed by atoms with Crippen LogP contribution in [0.25, 0.3) is 0 Å². The smallest absolute Gasteiger partial charge is 0.124 e. The van der Waals surface area contributed by atoms with E-state index in [0.717, 1.165) is 5.56 Å². The van der Waals surface area contributed by atoms with Crippen LogP contribution in [0.2, 0.25) is 0 Å². The molecule has 1 unspecified atom stereocenters. The molecule has 0 amide bonds. The van der Waals surface area contributed by atoms with Gasteiger partial charge in [-0.25, -0.2) is 4.39 Å². The van der Waals surface area contributed by atoms with Crippen LogP contribution in [0.4, 0.5) is 4.39 Å². The maximum absolute atomic E-state index is 13.5. The molecule has 0 bridgehead atoms. The highest BCUT2D eigenvalue weighted by molar-refractivity contribution is 5.38. The van der Waals surface area contributed by atoms with E-state index in [-0.39, 0.29) is 18.4 Å². The molecule has 0 spiro atoms. The fraction of sp³-hybridized carbons (Fsp3) is 0.400. The second kappa shape index (κ2) is 7.53. The van der Waals surface area contributed by atoms with Gasteiger partial charge < -0.3 is 5.73 Å². The second-order valence-corrected chi connectivity index (χ2v) is 4.48. The third-order valence-electron chi connectivity index (χ3n) is 2.86. The molecule has 3 nitrogen and oxygen atoms in total. The number of halogens is 1. The largest absolute Gasteiger partial charge is 0.320 e. The van der Waals surface area contributed by atoms with E-state index in [1.165, 1.54) is 12.1 Å². The van der Waals surface area contributed by atoms with E-state index in [1.807, 2.05) is 24.9 Å². The van der Waals surface area contributed by atoms with E-state index in [1.54, 1.807) is 0 Å². The number of nitrogens with two attached hydrogens (primary N) is 1. The SMILES string of the molecule is CC(CC#N)N(C)Cc1cc(F)cc(C#CCN)c1. The summed E-state index contributed by atoms with van der Waals surface area (Å²) in [6, 6.07) is 7.00. The molecular weight excluding hydrogens is 241 g/mol. The van der Waals surface area contributed by atoms with Crippen LogP contribution in [0.15, 0.2) is 18.2 Å². The van der Waals surface area contributed by atoms with Crippen molar-refractivity contribution in [1.82, 2.24) is 4.90 Å². The molecule has 0 saturated heterocycles. The molecule has 1 aromatic rings. The summed E-state index contributed by atoms with van der Waals surface area (Å²) in [5.74, 6) is 5.23. The molecule has 4 heteroatoms. The van der Waals surface area contributed by atoms with Gasteiger partial charge in [-0.1, -0.05) is 11.8 Å². The highest BCUT2D eigenvalue weighted by atomic mass is 19.1. The summed E-state index contributed by atoms with van der Waals surface area (Å²) in [4.78, 5) is 2.01. The van der Waals surface area contributed by atoms with Crippen LogP contribution in [0, 0.1) is 29.0 Å². The van der Waals surface area contributed by atoms with Crippen molar-refractivity contribution in [2.24, 2.45) is 5.73 Å². The standard InChI is InChI=1S/C15H18FN3/c1-12(5-7-18)19(2)11-14-8-13(4-3-6-17)9-15(16)10-14/h8-10,12H,5-6,11,17H2,1-2H3. The van der Waals surface area contributed by atoms with Gasteiger partial charge >= 0.3 is 0 Å². The minimum atomic E-state index is -0.305. The lowest BCUT2D eigenvalue weighted by Gasteiger charge is -2.22. The van der Waals surface area contributed by atoms with E-state index < -0.39 is 0 Å². The van der Waals surface area contributed by atoms with E-state index in [9.17, 15) is 4.39 Å². The van der Waals surface area contributed by atoms with Crippen LogP contribution in [0.1, 0.15) is 24.5 Å². The molecule has 0 aliphatic rings. The number of hydrogen-bond donors (Lipinski definition) is 1. The van der Waals surface area contributed by atoms with Gasteiger partial charge in [0.2, 0.25) is 0 Å². The lowest BCUT2D eigenvalue weighted by Crippen LogP contribution is -2.28. The molecule has 0 radical (unpaired) electrons. The normalized spacial score (nSPS) is 11.6. The minimum Gasteiger partial charge on any atom is -0.320 e. The van der Waals surface area contributed by atoms with Crippen molar-refractivity contribution >= 4 is 0 Å². The molecule has 0 aromatic heterocycles. The Labute approximate surface area is 113 Å². The zero-order chi connectivity index (χ0) is 14.3. The summed E-state index contributed by atoms with van der Waals surface area (Å²) in [6.45, 7) is 2.81. The molecule has 0 saturated carbocycles. The molecular formula is C15H18FN3. The predicted molar refractivity (Wildman–Crippen MR) is 73.5 cm³/mol. The van der Waals surface area contributed by atoms with Crippen LogP contribution in [-0.2, 0) is 6.54 Å². The minimum absolute atomic E-state index is 0.131. The predicted octanol–water partition coefficient (Wildman–Crippen LogP) is 1.87. The zero-order valence-corrected chi connectivity index (χ0v) is 11.3. The molecule has 1 aromatic carbocycles. The third kappa shape index (κ3) is 5.09. The first kappa shape index (κ1) is 15.2. The Morgan fingerprint density at radius 1 is 1.42 bits per heavy atom. The molecule has 1 atom stereocenters. The molecule has 100 valence electrons. The summed E-state index contributed by atoms with van der Waals surface area (Å²) >= 11 is 0. The number of hydrogen-bond acceptors (Lipinski definition) is 3. The lowest BCUT2D eigenvalue weighted by molar-refractivity contribution is 0.252. The van der Waals surface area contributed by atoms with Crippen molar-refractivity contribution in [3.8, 4) is 17.9 Å². The molecule has 2 N–H and O–H groups in total. The van der Waals surface area contributed by atoms with Gasteiger partial charge in [0.25, 0.3) is 0 Å². The second-order valence-electron chi connectivity index (χ2n) is 4.48. The first-order valence-electron chi connectivity index (χ1n) is 6.12. The van der Waals surface area contributed by atoms with Crippen molar-refractivity contribution in [3.63, 3.8) is 0 Å². The van der Waals surface area contributed by atoms with Crippen molar-refractivity contribution in [1.29, 1.82) is 5.26 Å². The van der Waals surface area contributed by atoms with E-state index in [4.69, 9.17) is 11.0 Å². The highest BCUT2D eigenvalue weighted by Gasteiger charge is 2.10. The van der Waals surface area contributed by atoms with Gasteiger partial charge in [0.1, 0.15) is 5.82 Å². The Kier molecular flexibility index (Phi) is 6.02. The Balaban J connectivity index is 2.84. The lowest BCUT2D eigenvalue weighted by atomic mass is 10.1. The fourth-order valence-electron chi connectivity index (χ4n) is 1.70. The van der Waals surface area contributed by atoms with Gasteiger partial charge in [-0.15, -0.1) is 0 Å². The number of benzene rings is 1. The van der Waals surface area contributed by atoms with Crippen molar-refractivity contribution in [2.75, 3.05) is 13.6 Å². The Hall–Kier alpha value is -1.88. The van der Waals surface area contributed by atoms with E-state index in [2.05, 4.69) is 17.9 Å². The fourth-order valence-corrected chi connectivity index (χ4v) is 1.70. The average molecular weight is 259 g/mol. The maximum Gasteiger partial charge on any atom is 0.124 e. The van der Waals surface area contributed by atoms with Gasteiger partial charge in [0.15, 0.2) is 0 Å². The molecule has 0 fully saturated rings. The molecule has 0 aliphatic heterocycles. The quantitative estimate of drug-likeness (QED) is 0.840. The molecule has 1 rings (SSSR count). The van der Waals surface area contributed by atoms with Crippen LogP contribution >= 0.6 is 0 Å². The van der Waals surface area contributed by atoms with Gasteiger partial charge in [-0.2, -0.15) is 5.26 Å². The molecule has 19 heavy (non-hydrogen) atoms. The van der Waals surface area contributed by atoms with E-state index in [0.29, 0.717) is 18.5 Å². The molecule has 0 aliphatic carbocycles. The van der Waals surface area contributed by atoms with Crippen molar-refractivity contribution in [2.45, 2.75) is 25.9 Å². The summed E-state index contributed by atoms with van der Waals surface area (Å²) in [5.41, 5.74) is 6.77. The maximum atomic E-state index is 13.5. The average Bonchev–Trinajstić information content (AvgIpc) is 2.36. The zero-order valence-electron chi connectivity index (χ0n) is 11.3. The topological polar surface area (TPSA) is 53.0 Å². The Morgan fingerprint density at radius 2 is 2.16 bits per heavy atom. The number of rotatable bonds is 4. The first-order valence-corrected chi connectivity index (χ1v) is 6.12. The van der Waals surface area contributed by atoms with Crippen LogP contribution in [-0.4, -0.2) is 24.5 Å². The first-order chi connectivity index (χ1) is 9.06. The van der Waals surface area contributed by atoms with E-state index >= 15 is 0 Å². The number of nitrogens with zero attached hydrogens (tertiary/aromatic N) is 2. The number of nitriles is 1. The van der Waals surface area contributed by atoms with Crippen molar-refractivity contribution in [3.05, 3.63) is 35.1 Å². The Bertz CT molecular complexity index is 522. The van der Waals surface area contributed by atoms with Crippen LogP contribution in [0.3, 0.4) is 0 Å². The summed E-state index contributed by atoms with van der Waals surface area (Å²) in [5, 5.41) is 8.67. The summed E-state index contributed by atoms with van der Waals surface area (Å²) < 4.78 is 13.5. The van der Waals surface area contributed by atoms with Crippen LogP contribution < -0.4 is 5.73 Å². The molecule has 0 heterocycles. The van der Waals surface area contributed by atoms with Gasteiger partial charge in [0, 0.05) is 18.2 Å².